The van der Waals surface area contributed by atoms with Crippen LogP contribution in [0.3, 0.4) is 0 Å². The van der Waals surface area contributed by atoms with Crippen LogP contribution in [0.25, 0.3) is 10.9 Å². The first-order valence-corrected chi connectivity index (χ1v) is 12.0. The lowest BCUT2D eigenvalue weighted by Gasteiger charge is -2.20. The van der Waals surface area contributed by atoms with E-state index >= 15 is 0 Å². The van der Waals surface area contributed by atoms with Gasteiger partial charge in [0.15, 0.2) is 16.0 Å². The highest BCUT2D eigenvalue weighted by Crippen LogP contribution is 2.23. The number of para-hydroxylation sites is 2. The van der Waals surface area contributed by atoms with Crippen molar-refractivity contribution >= 4 is 32.6 Å². The average molecular weight is 502 g/mol. The third kappa shape index (κ3) is 6.70. The minimum atomic E-state index is -4.15. The van der Waals surface area contributed by atoms with Gasteiger partial charge in [0.2, 0.25) is 0 Å². The summed E-state index contributed by atoms with van der Waals surface area (Å²) in [5.74, 6) is -3.68. The van der Waals surface area contributed by atoms with E-state index in [2.05, 4.69) is 15.0 Å². The van der Waals surface area contributed by atoms with Crippen molar-refractivity contribution in [1.82, 2.24) is 15.2 Å². The number of alkyl halides is 2. The van der Waals surface area contributed by atoms with E-state index in [9.17, 15) is 26.8 Å². The molecule has 0 fully saturated rings. The number of hydrogen-bond acceptors (Lipinski definition) is 7. The van der Waals surface area contributed by atoms with Crippen LogP contribution in [-0.4, -0.2) is 55.6 Å². The van der Waals surface area contributed by atoms with Crippen LogP contribution in [0.15, 0.2) is 60.8 Å². The van der Waals surface area contributed by atoms with E-state index in [1.54, 1.807) is 30.5 Å². The molecule has 0 bridgehead atoms. The first-order valence-electron chi connectivity index (χ1n) is 10.2. The second-order valence-electron chi connectivity index (χ2n) is 7.48. The summed E-state index contributed by atoms with van der Waals surface area (Å²) < 4.78 is 55.5. The number of ether oxygens (including phenoxy) is 1. The fourth-order valence-corrected chi connectivity index (χ4v) is 4.84. The van der Waals surface area contributed by atoms with Gasteiger partial charge in [0, 0.05) is 24.2 Å². The third-order valence-corrected chi connectivity index (χ3v) is 6.51. The van der Waals surface area contributed by atoms with E-state index in [0.29, 0.717) is 15.8 Å². The Morgan fingerprint density at radius 1 is 1.17 bits per heavy atom. The van der Waals surface area contributed by atoms with E-state index in [-0.39, 0.29) is 16.9 Å². The third-order valence-electron chi connectivity index (χ3n) is 4.92. The number of hydrogen-bond donors (Lipinski definition) is 1. The Balaban J connectivity index is 1.85. The Bertz CT molecular complexity index is 1390. The van der Waals surface area contributed by atoms with Crippen LogP contribution in [0.4, 0.5) is 8.78 Å². The number of sulfone groups is 1. The van der Waals surface area contributed by atoms with E-state index in [1.807, 2.05) is 0 Å². The van der Waals surface area contributed by atoms with Crippen molar-refractivity contribution < 1.29 is 31.5 Å². The molecule has 3 aromatic rings. The zero-order chi connectivity index (χ0) is 25.6. The Labute approximate surface area is 199 Å². The number of carbonyl (C=O) groups is 2. The summed E-state index contributed by atoms with van der Waals surface area (Å²) in [7, 11) is -3.03. The van der Waals surface area contributed by atoms with Crippen molar-refractivity contribution in [2.45, 2.75) is 18.4 Å². The lowest BCUT2D eigenvalue weighted by Crippen LogP contribution is -2.50. The molecule has 1 aromatic heterocycles. The van der Waals surface area contributed by atoms with E-state index in [4.69, 9.17) is 5.26 Å². The number of nitrogens with zero attached hydrogens (tertiary/aromatic N) is 3. The molecule has 2 amide bonds. The normalized spacial score (nSPS) is 12.1. The molecule has 0 aliphatic rings. The minimum Gasteiger partial charge on any atom is -0.435 e. The number of pyridine rings is 1. The number of benzene rings is 2. The largest absolute Gasteiger partial charge is 0.435 e. The van der Waals surface area contributed by atoms with Gasteiger partial charge in [0.05, 0.1) is 22.6 Å². The van der Waals surface area contributed by atoms with Gasteiger partial charge in [-0.25, -0.2) is 8.42 Å². The lowest BCUT2D eigenvalue weighted by atomic mass is 10.1. The summed E-state index contributed by atoms with van der Waals surface area (Å²) in [4.78, 5) is 30.3. The molecule has 0 radical (unpaired) electrons. The zero-order valence-corrected chi connectivity index (χ0v) is 19.2. The number of nitrogens with one attached hydrogen (secondary N) is 1. The first kappa shape index (κ1) is 25.5. The second-order valence-corrected chi connectivity index (χ2v) is 9.59. The predicted octanol–water partition coefficient (Wildman–Crippen LogP) is 2.49. The summed E-state index contributed by atoms with van der Waals surface area (Å²) in [5, 5.41) is 12.1. The van der Waals surface area contributed by atoms with Crippen LogP contribution in [0.5, 0.6) is 5.75 Å². The van der Waals surface area contributed by atoms with Crippen molar-refractivity contribution in [1.29, 1.82) is 5.26 Å². The molecular weight excluding hydrogens is 482 g/mol. The Morgan fingerprint density at radius 3 is 2.57 bits per heavy atom. The summed E-state index contributed by atoms with van der Waals surface area (Å²) in [6.45, 7) is -3.16. The highest BCUT2D eigenvalue weighted by Gasteiger charge is 2.31. The average Bonchev–Trinajstić information content (AvgIpc) is 2.82. The number of carbonyl (C=O) groups excluding carboxylic acids is 2. The Hall–Kier alpha value is -4.11. The van der Waals surface area contributed by atoms with Gasteiger partial charge in [0.1, 0.15) is 11.8 Å². The lowest BCUT2D eigenvalue weighted by molar-refractivity contribution is -0.128. The van der Waals surface area contributed by atoms with Gasteiger partial charge in [-0.1, -0.05) is 36.4 Å². The molecule has 0 spiro atoms. The fraction of sp³-hybridized carbons (Fsp3) is 0.217. The number of nitriles is 1. The molecule has 0 unspecified atom stereocenters. The van der Waals surface area contributed by atoms with Gasteiger partial charge in [0.25, 0.3) is 11.8 Å². The van der Waals surface area contributed by atoms with Gasteiger partial charge >= 0.3 is 6.61 Å². The molecule has 1 heterocycles. The van der Waals surface area contributed by atoms with Gasteiger partial charge in [-0.15, -0.1) is 0 Å². The first-order chi connectivity index (χ1) is 16.6. The van der Waals surface area contributed by atoms with E-state index < -0.39 is 45.8 Å². The van der Waals surface area contributed by atoms with Crippen LogP contribution in [0, 0.1) is 11.5 Å². The summed E-state index contributed by atoms with van der Waals surface area (Å²) in [6, 6.07) is 12.3. The number of halogens is 2. The smallest absolute Gasteiger partial charge is 0.387 e. The number of likely N-dealkylation sites (N-methyl/N-ethyl adjacent to an activating group) is 1. The van der Waals surface area contributed by atoms with E-state index in [1.165, 1.54) is 36.5 Å². The number of rotatable bonds is 9. The van der Waals surface area contributed by atoms with E-state index in [0.717, 1.165) is 7.05 Å². The summed E-state index contributed by atoms with van der Waals surface area (Å²) >= 11 is 0. The number of aromatic nitrogens is 1. The van der Waals surface area contributed by atoms with Crippen molar-refractivity contribution in [2.75, 3.05) is 12.8 Å². The molecule has 182 valence electrons. The molecule has 1 atom stereocenters. The molecule has 0 saturated heterocycles. The topological polar surface area (TPSA) is 129 Å². The van der Waals surface area contributed by atoms with Crippen LogP contribution in [0.2, 0.25) is 0 Å². The maximum absolute atomic E-state index is 12.9. The summed E-state index contributed by atoms with van der Waals surface area (Å²) in [6.07, 6.45) is 2.85. The Kier molecular flexibility index (Phi) is 7.93. The SMILES string of the molecule is CN(C#N)C(=O)[C@H](CS(=O)(=O)Cc1ccccc1OC(F)F)NC(=O)c1cnc2ccccc2c1. The molecule has 35 heavy (non-hydrogen) atoms. The van der Waals surface area contributed by atoms with Crippen LogP contribution in [-0.2, 0) is 20.4 Å². The molecule has 0 saturated carbocycles. The molecule has 2 aromatic carbocycles. The second kappa shape index (κ2) is 10.9. The molecule has 12 heteroatoms. The summed E-state index contributed by atoms with van der Waals surface area (Å²) in [5.41, 5.74) is 0.667. The van der Waals surface area contributed by atoms with Gasteiger partial charge < -0.3 is 10.1 Å². The molecule has 3 rings (SSSR count). The quantitative estimate of drug-likeness (QED) is 0.352. The highest BCUT2D eigenvalue weighted by molar-refractivity contribution is 7.90. The Morgan fingerprint density at radius 2 is 1.86 bits per heavy atom. The molecule has 1 N–H and O–H groups in total. The molecule has 0 aliphatic heterocycles. The van der Waals surface area contributed by atoms with Gasteiger partial charge in [-0.3, -0.25) is 19.5 Å². The van der Waals surface area contributed by atoms with Gasteiger partial charge in [-0.2, -0.15) is 14.0 Å². The standard InChI is InChI=1S/C23H20F2N4O5S/c1-29(14-26)22(31)19(28-21(30)17-10-15-6-2-4-8-18(15)27-11-17)13-35(32,33)12-16-7-3-5-9-20(16)34-23(24)25/h2-11,19,23H,12-13H2,1H3,(H,28,30)/t19-/m0/s1. The van der Waals surface area contributed by atoms with Crippen molar-refractivity contribution in [3.63, 3.8) is 0 Å². The fourth-order valence-electron chi connectivity index (χ4n) is 3.28. The molecule has 0 aliphatic carbocycles. The van der Waals surface area contributed by atoms with Crippen LogP contribution in [0.1, 0.15) is 15.9 Å². The van der Waals surface area contributed by atoms with Crippen LogP contribution < -0.4 is 10.1 Å². The maximum Gasteiger partial charge on any atom is 0.387 e. The highest BCUT2D eigenvalue weighted by atomic mass is 32.2. The number of fused-ring (bicyclic) bond motifs is 1. The molecular formula is C23H20F2N4O5S. The van der Waals surface area contributed by atoms with Crippen molar-refractivity contribution in [2.24, 2.45) is 0 Å². The molecule has 9 nitrogen and oxygen atoms in total. The van der Waals surface area contributed by atoms with Gasteiger partial charge in [-0.05, 0) is 18.2 Å². The maximum atomic E-state index is 12.9. The van der Waals surface area contributed by atoms with Crippen molar-refractivity contribution in [3.05, 3.63) is 71.9 Å². The van der Waals surface area contributed by atoms with Crippen LogP contribution >= 0.6 is 0 Å². The monoisotopic (exact) mass is 502 g/mol. The predicted molar refractivity (Wildman–Crippen MR) is 122 cm³/mol. The number of amides is 2. The zero-order valence-electron chi connectivity index (χ0n) is 18.4. The minimum absolute atomic E-state index is 0.0438. The van der Waals surface area contributed by atoms with Crippen molar-refractivity contribution in [3.8, 4) is 11.9 Å².